The highest BCUT2D eigenvalue weighted by molar-refractivity contribution is 5.95. The Morgan fingerprint density at radius 1 is 1.22 bits per heavy atom. The molecule has 3 nitrogen and oxygen atoms in total. The SMILES string of the molecule is Cl.O=C(Nc1ccccc1)C1CC12CCNCC2. The van der Waals surface area contributed by atoms with Gasteiger partial charge in [0.2, 0.25) is 5.91 Å². The highest BCUT2D eigenvalue weighted by atomic mass is 35.5. The fourth-order valence-electron chi connectivity index (χ4n) is 2.95. The van der Waals surface area contributed by atoms with Crippen molar-refractivity contribution in [2.24, 2.45) is 11.3 Å². The maximum absolute atomic E-state index is 12.1. The summed E-state index contributed by atoms with van der Waals surface area (Å²) in [7, 11) is 0. The summed E-state index contributed by atoms with van der Waals surface area (Å²) in [6.07, 6.45) is 3.38. The molecule has 4 heteroatoms. The van der Waals surface area contributed by atoms with Crippen molar-refractivity contribution in [1.82, 2.24) is 5.32 Å². The molecule has 1 heterocycles. The van der Waals surface area contributed by atoms with Gasteiger partial charge in [-0.25, -0.2) is 0 Å². The Hall–Kier alpha value is -1.06. The lowest BCUT2D eigenvalue weighted by Crippen LogP contribution is -2.31. The zero-order valence-electron chi connectivity index (χ0n) is 10.3. The normalized spacial score (nSPS) is 24.1. The van der Waals surface area contributed by atoms with E-state index in [1.54, 1.807) is 0 Å². The fraction of sp³-hybridized carbons (Fsp3) is 0.500. The Morgan fingerprint density at radius 2 is 1.89 bits per heavy atom. The third kappa shape index (κ3) is 2.52. The zero-order valence-corrected chi connectivity index (χ0v) is 11.1. The van der Waals surface area contributed by atoms with Gasteiger partial charge < -0.3 is 10.6 Å². The molecule has 1 unspecified atom stereocenters. The van der Waals surface area contributed by atoms with Crippen LogP contribution in [0.1, 0.15) is 19.3 Å². The molecule has 1 aliphatic carbocycles. The number of hydrogen-bond acceptors (Lipinski definition) is 2. The van der Waals surface area contributed by atoms with Gasteiger partial charge in [0.1, 0.15) is 0 Å². The van der Waals surface area contributed by atoms with Crippen LogP contribution in [-0.4, -0.2) is 19.0 Å². The molecule has 2 fully saturated rings. The van der Waals surface area contributed by atoms with E-state index in [4.69, 9.17) is 0 Å². The lowest BCUT2D eigenvalue weighted by Gasteiger charge is -2.23. The Kier molecular flexibility index (Phi) is 3.93. The Labute approximate surface area is 114 Å². The van der Waals surface area contributed by atoms with Crippen LogP contribution in [0.15, 0.2) is 30.3 Å². The molecular formula is C14H19ClN2O. The zero-order chi connectivity index (χ0) is 11.7. The maximum atomic E-state index is 12.1. The Bertz CT molecular complexity index is 415. The summed E-state index contributed by atoms with van der Waals surface area (Å²) in [5.74, 6) is 0.447. The van der Waals surface area contributed by atoms with E-state index < -0.39 is 0 Å². The molecule has 1 atom stereocenters. The molecule has 18 heavy (non-hydrogen) atoms. The quantitative estimate of drug-likeness (QED) is 0.863. The molecule has 2 N–H and O–H groups in total. The summed E-state index contributed by atoms with van der Waals surface area (Å²) in [5, 5.41) is 6.37. The largest absolute Gasteiger partial charge is 0.326 e. The van der Waals surface area contributed by atoms with Gasteiger partial charge in [-0.15, -0.1) is 12.4 Å². The first-order chi connectivity index (χ1) is 8.30. The molecule has 0 aromatic heterocycles. The van der Waals surface area contributed by atoms with Crippen LogP contribution in [0.2, 0.25) is 0 Å². The summed E-state index contributed by atoms with van der Waals surface area (Å²) >= 11 is 0. The molecule has 98 valence electrons. The monoisotopic (exact) mass is 266 g/mol. The molecule has 1 amide bonds. The van der Waals surface area contributed by atoms with Gasteiger partial charge in [0.25, 0.3) is 0 Å². The molecular weight excluding hydrogens is 248 g/mol. The smallest absolute Gasteiger partial charge is 0.228 e. The van der Waals surface area contributed by atoms with Crippen molar-refractivity contribution in [3.05, 3.63) is 30.3 Å². The highest BCUT2D eigenvalue weighted by Gasteiger charge is 2.57. The van der Waals surface area contributed by atoms with Gasteiger partial charge in [-0.2, -0.15) is 0 Å². The summed E-state index contributed by atoms with van der Waals surface area (Å²) in [5.41, 5.74) is 1.23. The molecule has 3 rings (SSSR count). The molecule has 1 saturated carbocycles. The second kappa shape index (κ2) is 5.29. The molecule has 1 spiro atoms. The number of halogens is 1. The van der Waals surface area contributed by atoms with Gasteiger partial charge >= 0.3 is 0 Å². The van der Waals surface area contributed by atoms with Gasteiger partial charge in [0.15, 0.2) is 0 Å². The van der Waals surface area contributed by atoms with Crippen LogP contribution >= 0.6 is 12.4 Å². The standard InChI is InChI=1S/C14H18N2O.ClH/c17-13(16-11-4-2-1-3-5-11)12-10-14(12)6-8-15-9-7-14;/h1-5,12,15H,6-10H2,(H,16,17);1H. The predicted molar refractivity (Wildman–Crippen MR) is 75.0 cm³/mol. The van der Waals surface area contributed by atoms with Gasteiger partial charge in [-0.1, -0.05) is 18.2 Å². The van der Waals surface area contributed by atoms with Crippen molar-refractivity contribution in [1.29, 1.82) is 0 Å². The molecule has 2 aliphatic rings. The topological polar surface area (TPSA) is 41.1 Å². The molecule has 1 saturated heterocycles. The number of rotatable bonds is 2. The fourth-order valence-corrected chi connectivity index (χ4v) is 2.95. The van der Waals surface area contributed by atoms with E-state index in [0.29, 0.717) is 5.41 Å². The third-order valence-electron chi connectivity index (χ3n) is 4.15. The van der Waals surface area contributed by atoms with E-state index in [9.17, 15) is 4.79 Å². The van der Waals surface area contributed by atoms with Crippen molar-refractivity contribution in [3.8, 4) is 0 Å². The molecule has 1 aromatic carbocycles. The van der Waals surface area contributed by atoms with E-state index in [1.807, 2.05) is 30.3 Å². The molecule has 0 bridgehead atoms. The Morgan fingerprint density at radius 3 is 2.56 bits per heavy atom. The van der Waals surface area contributed by atoms with E-state index >= 15 is 0 Å². The van der Waals surface area contributed by atoms with Crippen LogP contribution in [0.5, 0.6) is 0 Å². The minimum Gasteiger partial charge on any atom is -0.326 e. The number of hydrogen-bond donors (Lipinski definition) is 2. The van der Waals surface area contributed by atoms with E-state index in [-0.39, 0.29) is 24.2 Å². The minimum absolute atomic E-state index is 0. The van der Waals surface area contributed by atoms with Crippen LogP contribution in [0.25, 0.3) is 0 Å². The predicted octanol–water partition coefficient (Wildman–Crippen LogP) is 2.44. The number of benzene rings is 1. The van der Waals surface area contributed by atoms with Gasteiger partial charge in [-0.3, -0.25) is 4.79 Å². The second-order valence-electron chi connectivity index (χ2n) is 5.22. The van der Waals surface area contributed by atoms with Crippen LogP contribution in [-0.2, 0) is 4.79 Å². The van der Waals surface area contributed by atoms with Crippen LogP contribution < -0.4 is 10.6 Å². The van der Waals surface area contributed by atoms with Crippen molar-refractivity contribution in [2.75, 3.05) is 18.4 Å². The summed E-state index contributed by atoms with van der Waals surface area (Å²) < 4.78 is 0. The number of carbonyl (C=O) groups excluding carboxylic acids is 1. The van der Waals surface area contributed by atoms with E-state index in [0.717, 1.165) is 38.0 Å². The first-order valence-electron chi connectivity index (χ1n) is 6.37. The average molecular weight is 267 g/mol. The summed E-state index contributed by atoms with van der Waals surface area (Å²) in [6.45, 7) is 2.13. The van der Waals surface area contributed by atoms with Crippen molar-refractivity contribution in [2.45, 2.75) is 19.3 Å². The first-order valence-corrected chi connectivity index (χ1v) is 6.37. The molecule has 1 aromatic rings. The summed E-state index contributed by atoms with van der Waals surface area (Å²) in [6, 6.07) is 9.73. The van der Waals surface area contributed by atoms with Crippen LogP contribution in [0, 0.1) is 11.3 Å². The number of anilines is 1. The number of piperidine rings is 1. The third-order valence-corrected chi connectivity index (χ3v) is 4.15. The lowest BCUT2D eigenvalue weighted by atomic mass is 9.92. The number of amides is 1. The van der Waals surface area contributed by atoms with Crippen molar-refractivity contribution < 1.29 is 4.79 Å². The van der Waals surface area contributed by atoms with Gasteiger partial charge in [-0.05, 0) is 49.9 Å². The first kappa shape index (κ1) is 13.4. The van der Waals surface area contributed by atoms with Gasteiger partial charge in [0.05, 0.1) is 0 Å². The highest BCUT2D eigenvalue weighted by Crippen LogP contribution is 2.58. The molecule has 1 aliphatic heterocycles. The van der Waals surface area contributed by atoms with Crippen LogP contribution in [0.4, 0.5) is 5.69 Å². The number of carbonyl (C=O) groups is 1. The Balaban J connectivity index is 0.00000120. The summed E-state index contributed by atoms with van der Waals surface area (Å²) in [4.78, 5) is 12.1. The maximum Gasteiger partial charge on any atom is 0.228 e. The number of nitrogens with one attached hydrogen (secondary N) is 2. The van der Waals surface area contributed by atoms with Gasteiger partial charge in [0, 0.05) is 11.6 Å². The van der Waals surface area contributed by atoms with Crippen LogP contribution in [0.3, 0.4) is 0 Å². The minimum atomic E-state index is 0. The number of para-hydroxylation sites is 1. The average Bonchev–Trinajstić information content (AvgIpc) is 3.05. The second-order valence-corrected chi connectivity index (χ2v) is 5.22. The van der Waals surface area contributed by atoms with E-state index in [1.165, 1.54) is 0 Å². The van der Waals surface area contributed by atoms with Crippen molar-refractivity contribution in [3.63, 3.8) is 0 Å². The molecule has 0 radical (unpaired) electrons. The van der Waals surface area contributed by atoms with E-state index in [2.05, 4.69) is 10.6 Å². The lowest BCUT2D eigenvalue weighted by molar-refractivity contribution is -0.118. The van der Waals surface area contributed by atoms with Crippen molar-refractivity contribution >= 4 is 24.0 Å².